The Balaban J connectivity index is 2.63. The normalized spacial score (nSPS) is 19.0. The summed E-state index contributed by atoms with van der Waals surface area (Å²) in [5.41, 5.74) is 4.37. The Hall–Kier alpha value is 0.165. The molecule has 3 nitrogen and oxygen atoms in total. The summed E-state index contributed by atoms with van der Waals surface area (Å²) >= 11 is 16.5. The van der Waals surface area contributed by atoms with Crippen molar-refractivity contribution >= 4 is 55.8 Å². The average molecular weight is 262 g/mol. The third-order valence-electron chi connectivity index (χ3n) is 1.87. The zero-order valence-corrected chi connectivity index (χ0v) is 10.1. The summed E-state index contributed by atoms with van der Waals surface area (Å²) in [6, 6.07) is 0. The Morgan fingerprint density at radius 2 is 0.867 bits per heavy atom. The molecule has 0 aromatic heterocycles. The first-order chi connectivity index (χ1) is 7.30. The number of hydrogen-bond donors (Lipinski definition) is 3. The molecule has 3 N–H and O–H groups in total. The molecule has 0 aliphatic carbocycles. The zero-order valence-electron chi connectivity index (χ0n) is 7.83. The largest absolute Gasteiger partial charge is 0.364 e. The van der Waals surface area contributed by atoms with Crippen LogP contribution in [0.4, 0.5) is 0 Å². The average Bonchev–Trinajstić information content (AvgIpc) is 2.19. The number of nitrogens with one attached hydrogen (secondary N) is 3. The van der Waals surface area contributed by atoms with Crippen LogP contribution >= 0.6 is 34.8 Å². The molecule has 1 saturated heterocycles. The van der Waals surface area contributed by atoms with Gasteiger partial charge in [-0.25, -0.2) is 0 Å². The molecule has 78 valence electrons. The SMILES string of the molecule is ClC=CB1NB(C=CCl)NB(C=CCl)N1. The van der Waals surface area contributed by atoms with E-state index in [2.05, 4.69) is 15.4 Å². The highest BCUT2D eigenvalue weighted by Gasteiger charge is 2.30. The predicted octanol–water partition coefficient (Wildman–Crippen LogP) is 1.11. The van der Waals surface area contributed by atoms with Crippen molar-refractivity contribution in [3.8, 4) is 0 Å². The minimum atomic E-state index is -0.0283. The molecule has 0 aromatic carbocycles. The third-order valence-corrected chi connectivity index (χ3v) is 2.31. The molecule has 0 aromatic rings. The Bertz CT molecular complexity index is 225. The van der Waals surface area contributed by atoms with Gasteiger partial charge in [-0.05, 0) is 16.6 Å². The maximum Gasteiger partial charge on any atom is 0.313 e. The van der Waals surface area contributed by atoms with Gasteiger partial charge in [0.15, 0.2) is 0 Å². The summed E-state index contributed by atoms with van der Waals surface area (Å²) < 4.78 is 0. The van der Waals surface area contributed by atoms with Crippen molar-refractivity contribution in [1.82, 2.24) is 15.4 Å². The molecule has 0 unspecified atom stereocenters. The van der Waals surface area contributed by atoms with Gasteiger partial charge in [0.25, 0.3) is 0 Å². The van der Waals surface area contributed by atoms with E-state index in [0.29, 0.717) is 0 Å². The molecule has 9 heteroatoms. The minimum absolute atomic E-state index is 0.0283. The summed E-state index contributed by atoms with van der Waals surface area (Å²) in [4.78, 5) is 0. The molecule has 0 radical (unpaired) electrons. The van der Waals surface area contributed by atoms with E-state index in [1.54, 1.807) is 17.9 Å². The van der Waals surface area contributed by atoms with Gasteiger partial charge in [0.05, 0.1) is 0 Å². The first kappa shape index (κ1) is 13.2. The quantitative estimate of drug-likeness (QED) is 0.667. The van der Waals surface area contributed by atoms with Crippen molar-refractivity contribution in [2.45, 2.75) is 0 Å². The fourth-order valence-electron chi connectivity index (χ4n) is 1.28. The summed E-state index contributed by atoms with van der Waals surface area (Å²) in [6.45, 7) is -0.0848. The molecule has 15 heavy (non-hydrogen) atoms. The second-order valence-corrected chi connectivity index (χ2v) is 3.64. The van der Waals surface area contributed by atoms with Crippen molar-refractivity contribution in [3.05, 3.63) is 34.5 Å². The molecule has 0 spiro atoms. The van der Waals surface area contributed by atoms with Crippen molar-refractivity contribution in [2.24, 2.45) is 0 Å². The number of hydrogen-bond acceptors (Lipinski definition) is 3. The highest BCUT2D eigenvalue weighted by molar-refractivity contribution is 6.92. The standard InChI is InChI=1S/C6H9B3Cl3N3/c10-4-1-7-13-8(2-5-11)15-9(14-7)3-6-12/h1-6,13-15H. The highest BCUT2D eigenvalue weighted by Crippen LogP contribution is 1.94. The van der Waals surface area contributed by atoms with Gasteiger partial charge >= 0.3 is 20.9 Å². The monoisotopic (exact) mass is 261 g/mol. The molecular formula is C6H9B3Cl3N3. The van der Waals surface area contributed by atoms with E-state index in [1.165, 1.54) is 16.6 Å². The van der Waals surface area contributed by atoms with Crippen LogP contribution in [0.2, 0.25) is 0 Å². The van der Waals surface area contributed by atoms with Gasteiger partial charge in [-0.1, -0.05) is 52.7 Å². The Morgan fingerprint density at radius 3 is 1.07 bits per heavy atom. The molecule has 1 aliphatic heterocycles. The van der Waals surface area contributed by atoms with E-state index >= 15 is 0 Å². The Morgan fingerprint density at radius 1 is 0.600 bits per heavy atom. The third kappa shape index (κ3) is 4.68. The lowest BCUT2D eigenvalue weighted by atomic mass is 9.49. The minimum Gasteiger partial charge on any atom is -0.364 e. The van der Waals surface area contributed by atoms with Crippen LogP contribution in [0.15, 0.2) is 34.5 Å². The van der Waals surface area contributed by atoms with Crippen LogP contribution in [0.3, 0.4) is 0 Å². The second kappa shape index (κ2) is 7.44. The lowest BCUT2D eigenvalue weighted by Gasteiger charge is -2.28. The molecule has 1 rings (SSSR count). The van der Waals surface area contributed by atoms with Crippen LogP contribution in [-0.2, 0) is 0 Å². The lowest BCUT2D eigenvalue weighted by Crippen LogP contribution is -2.73. The highest BCUT2D eigenvalue weighted by atomic mass is 35.5. The van der Waals surface area contributed by atoms with Gasteiger partial charge in [-0.3, -0.25) is 0 Å². The molecule has 1 heterocycles. The molecule has 1 aliphatic rings. The van der Waals surface area contributed by atoms with Crippen molar-refractivity contribution < 1.29 is 0 Å². The van der Waals surface area contributed by atoms with Crippen LogP contribution in [0.25, 0.3) is 0 Å². The fraction of sp³-hybridized carbons (Fsp3) is 0. The van der Waals surface area contributed by atoms with Crippen molar-refractivity contribution in [3.63, 3.8) is 0 Å². The molecule has 0 amide bonds. The fourth-order valence-corrected chi connectivity index (χ4v) is 1.71. The summed E-state index contributed by atoms with van der Waals surface area (Å²) in [5, 5.41) is 9.61. The molecule has 0 atom stereocenters. The van der Waals surface area contributed by atoms with Gasteiger partial charge in [0.2, 0.25) is 0 Å². The summed E-state index contributed by atoms with van der Waals surface area (Å²) in [7, 11) is 0. The van der Waals surface area contributed by atoms with E-state index in [0.717, 1.165) is 0 Å². The zero-order chi connectivity index (χ0) is 11.1. The molecule has 0 saturated carbocycles. The molecule has 1 fully saturated rings. The first-order valence-electron chi connectivity index (χ1n) is 4.39. The van der Waals surface area contributed by atoms with Gasteiger partial charge in [-0.2, -0.15) is 0 Å². The molecular weight excluding hydrogens is 253 g/mol. The first-order valence-corrected chi connectivity index (χ1v) is 5.70. The lowest BCUT2D eigenvalue weighted by molar-refractivity contribution is 1.19. The van der Waals surface area contributed by atoms with Crippen molar-refractivity contribution in [2.75, 3.05) is 0 Å². The van der Waals surface area contributed by atoms with Crippen molar-refractivity contribution in [1.29, 1.82) is 0 Å². The van der Waals surface area contributed by atoms with Gasteiger partial charge < -0.3 is 15.4 Å². The van der Waals surface area contributed by atoms with Crippen LogP contribution < -0.4 is 15.4 Å². The van der Waals surface area contributed by atoms with Crippen LogP contribution in [0.1, 0.15) is 0 Å². The van der Waals surface area contributed by atoms with Gasteiger partial charge in [-0.15, -0.1) is 0 Å². The maximum atomic E-state index is 5.52. The van der Waals surface area contributed by atoms with E-state index in [1.807, 2.05) is 0 Å². The number of halogens is 3. The van der Waals surface area contributed by atoms with E-state index in [4.69, 9.17) is 34.8 Å². The summed E-state index contributed by atoms with van der Waals surface area (Å²) in [6.07, 6.45) is 0. The second-order valence-electron chi connectivity index (χ2n) is 2.89. The Kier molecular flexibility index (Phi) is 6.56. The van der Waals surface area contributed by atoms with Gasteiger partial charge in [0, 0.05) is 0 Å². The van der Waals surface area contributed by atoms with E-state index in [-0.39, 0.29) is 20.9 Å². The molecule has 0 bridgehead atoms. The van der Waals surface area contributed by atoms with Gasteiger partial charge in [0.1, 0.15) is 0 Å². The topological polar surface area (TPSA) is 36.1 Å². The van der Waals surface area contributed by atoms with E-state index in [9.17, 15) is 0 Å². The Labute approximate surface area is 106 Å². The van der Waals surface area contributed by atoms with Crippen LogP contribution in [0.5, 0.6) is 0 Å². The van der Waals surface area contributed by atoms with E-state index < -0.39 is 0 Å². The van der Waals surface area contributed by atoms with Crippen LogP contribution in [-0.4, -0.2) is 20.9 Å². The predicted molar refractivity (Wildman–Crippen MR) is 71.6 cm³/mol. The number of rotatable bonds is 3. The smallest absolute Gasteiger partial charge is 0.313 e. The summed E-state index contributed by atoms with van der Waals surface area (Å²) in [5.74, 6) is 5.39. The van der Waals surface area contributed by atoms with Crippen LogP contribution in [0, 0.1) is 0 Å². The maximum absolute atomic E-state index is 5.52.